The molecule has 13 heteroatoms. The number of pyridine rings is 1. The van der Waals surface area contributed by atoms with Crippen LogP contribution in [-0.2, 0) is 6.18 Å². The molecule has 5 rings (SSSR count). The van der Waals surface area contributed by atoms with Crippen molar-refractivity contribution in [1.82, 2.24) is 19.9 Å². The highest BCUT2D eigenvalue weighted by atomic mass is 19.4. The van der Waals surface area contributed by atoms with Crippen LogP contribution in [0.4, 0.5) is 48.2 Å². The Morgan fingerprint density at radius 2 is 1.52 bits per heavy atom. The second kappa shape index (κ2) is 11.3. The van der Waals surface area contributed by atoms with Crippen molar-refractivity contribution < 1.29 is 17.9 Å². The van der Waals surface area contributed by atoms with Gasteiger partial charge < -0.3 is 25.2 Å². The summed E-state index contributed by atoms with van der Waals surface area (Å²) in [5.74, 6) is 1.94. The molecule has 0 radical (unpaired) electrons. The first-order chi connectivity index (χ1) is 19.3. The van der Waals surface area contributed by atoms with Gasteiger partial charge in [-0.2, -0.15) is 33.4 Å². The summed E-state index contributed by atoms with van der Waals surface area (Å²) in [6.07, 6.45) is -2.83. The van der Waals surface area contributed by atoms with E-state index in [9.17, 15) is 18.4 Å². The summed E-state index contributed by atoms with van der Waals surface area (Å²) >= 11 is 0. The van der Waals surface area contributed by atoms with E-state index in [2.05, 4.69) is 36.6 Å². The van der Waals surface area contributed by atoms with E-state index in [0.29, 0.717) is 54.9 Å². The lowest BCUT2D eigenvalue weighted by Gasteiger charge is -2.35. The van der Waals surface area contributed by atoms with Crippen LogP contribution >= 0.6 is 0 Å². The minimum Gasteiger partial charge on any atom is -0.497 e. The highest BCUT2D eigenvalue weighted by Crippen LogP contribution is 2.31. The number of alkyl halides is 3. The van der Waals surface area contributed by atoms with Gasteiger partial charge in [0.1, 0.15) is 17.6 Å². The second-order valence-electron chi connectivity index (χ2n) is 8.80. The van der Waals surface area contributed by atoms with Gasteiger partial charge in [-0.3, -0.25) is 0 Å². The zero-order valence-corrected chi connectivity index (χ0v) is 21.4. The third-order valence-electron chi connectivity index (χ3n) is 6.18. The highest BCUT2D eigenvalue weighted by Gasteiger charge is 2.30. The Balaban J connectivity index is 1.41. The smallest absolute Gasteiger partial charge is 0.416 e. The molecule has 204 valence electrons. The number of anilines is 6. The van der Waals surface area contributed by atoms with Gasteiger partial charge in [-0.15, -0.1) is 0 Å². The number of nitrogens with one attached hydrogen (secondary N) is 2. The summed E-state index contributed by atoms with van der Waals surface area (Å²) in [6, 6.07) is 17.6. The van der Waals surface area contributed by atoms with Crippen molar-refractivity contribution in [2.24, 2.45) is 0 Å². The molecule has 4 aromatic rings. The summed E-state index contributed by atoms with van der Waals surface area (Å²) in [7, 11) is 1.57. The van der Waals surface area contributed by atoms with E-state index in [-0.39, 0.29) is 17.6 Å². The van der Waals surface area contributed by atoms with Crippen LogP contribution in [0.3, 0.4) is 0 Å². The first-order valence-corrected chi connectivity index (χ1v) is 12.3. The summed E-state index contributed by atoms with van der Waals surface area (Å²) in [6.45, 7) is 2.18. The van der Waals surface area contributed by atoms with Gasteiger partial charge in [-0.1, -0.05) is 6.07 Å². The molecule has 0 unspecified atom stereocenters. The van der Waals surface area contributed by atoms with Crippen LogP contribution in [0.5, 0.6) is 5.75 Å². The van der Waals surface area contributed by atoms with Crippen molar-refractivity contribution in [2.75, 3.05) is 53.7 Å². The molecule has 2 N–H and O–H groups in total. The number of methoxy groups -OCH3 is 1. The molecule has 10 nitrogen and oxygen atoms in total. The van der Waals surface area contributed by atoms with Crippen LogP contribution < -0.4 is 25.2 Å². The number of aromatic nitrogens is 4. The number of rotatable bonds is 7. The molecule has 1 saturated heterocycles. The van der Waals surface area contributed by atoms with Crippen LogP contribution in [0.25, 0.3) is 0 Å². The van der Waals surface area contributed by atoms with Gasteiger partial charge >= 0.3 is 6.18 Å². The molecule has 0 bridgehead atoms. The van der Waals surface area contributed by atoms with Gasteiger partial charge in [0.2, 0.25) is 17.8 Å². The fraction of sp³-hybridized carbons (Fsp3) is 0.222. The molecule has 1 aliphatic heterocycles. The number of hydrogen-bond acceptors (Lipinski definition) is 10. The van der Waals surface area contributed by atoms with E-state index in [1.807, 2.05) is 9.80 Å². The van der Waals surface area contributed by atoms with Gasteiger partial charge in [0.25, 0.3) is 0 Å². The normalized spacial score (nSPS) is 13.5. The van der Waals surface area contributed by atoms with Crippen LogP contribution in [0.2, 0.25) is 0 Å². The van der Waals surface area contributed by atoms with Crippen LogP contribution in [0, 0.1) is 11.3 Å². The topological polar surface area (TPSA) is 115 Å². The third kappa shape index (κ3) is 6.12. The first-order valence-electron chi connectivity index (χ1n) is 12.3. The van der Waals surface area contributed by atoms with Crippen molar-refractivity contribution in [3.05, 3.63) is 78.0 Å². The minimum absolute atomic E-state index is 0.0826. The van der Waals surface area contributed by atoms with Crippen molar-refractivity contribution in [2.45, 2.75) is 6.18 Å². The average molecular weight is 548 g/mol. The Kier molecular flexibility index (Phi) is 7.50. The summed E-state index contributed by atoms with van der Waals surface area (Å²) in [5.41, 5.74) is 0.582. The molecule has 2 aromatic heterocycles. The fourth-order valence-electron chi connectivity index (χ4n) is 4.18. The molecule has 3 heterocycles. The second-order valence-corrected chi connectivity index (χ2v) is 8.80. The lowest BCUT2D eigenvalue weighted by Crippen LogP contribution is -2.47. The number of benzene rings is 2. The van der Waals surface area contributed by atoms with Gasteiger partial charge in [0.05, 0.1) is 18.2 Å². The van der Waals surface area contributed by atoms with Crippen LogP contribution in [-0.4, -0.2) is 53.2 Å². The Morgan fingerprint density at radius 1 is 0.850 bits per heavy atom. The van der Waals surface area contributed by atoms with Crippen molar-refractivity contribution in [1.29, 1.82) is 5.26 Å². The maximum atomic E-state index is 13.3. The van der Waals surface area contributed by atoms with Gasteiger partial charge in [0.15, 0.2) is 0 Å². The largest absolute Gasteiger partial charge is 0.497 e. The van der Waals surface area contributed by atoms with E-state index in [4.69, 9.17) is 4.74 Å². The summed E-state index contributed by atoms with van der Waals surface area (Å²) in [5, 5.41) is 15.4. The minimum atomic E-state index is -4.48. The molecule has 0 spiro atoms. The Bertz CT molecular complexity index is 1520. The quantitative estimate of drug-likeness (QED) is 0.328. The van der Waals surface area contributed by atoms with Gasteiger partial charge in [-0.05, 0) is 54.6 Å². The zero-order valence-electron chi connectivity index (χ0n) is 21.4. The molecule has 0 saturated carbocycles. The monoisotopic (exact) mass is 547 g/mol. The molecule has 1 fully saturated rings. The number of halogens is 3. The molecular formula is C27H24F3N9O. The molecule has 0 amide bonds. The van der Waals surface area contributed by atoms with E-state index in [1.165, 1.54) is 12.1 Å². The fourth-order valence-corrected chi connectivity index (χ4v) is 4.18. The lowest BCUT2D eigenvalue weighted by molar-refractivity contribution is -0.137. The highest BCUT2D eigenvalue weighted by molar-refractivity contribution is 5.61. The average Bonchev–Trinajstić information content (AvgIpc) is 2.97. The zero-order chi connectivity index (χ0) is 28.1. The van der Waals surface area contributed by atoms with E-state index in [0.717, 1.165) is 12.1 Å². The summed E-state index contributed by atoms with van der Waals surface area (Å²) < 4.78 is 45.0. The SMILES string of the molecule is COc1ccc(Nc2nc(Nc3cccc(C(F)(F)F)c3)nc(N3CCN(c4ncccc4C#N)CC3)n2)cc1. The van der Waals surface area contributed by atoms with Gasteiger partial charge in [0, 0.05) is 43.8 Å². The van der Waals surface area contributed by atoms with Crippen molar-refractivity contribution in [3.63, 3.8) is 0 Å². The maximum absolute atomic E-state index is 13.3. The predicted octanol–water partition coefficient (Wildman–Crippen LogP) is 4.98. The molecular weight excluding hydrogens is 523 g/mol. The number of piperazine rings is 1. The number of hydrogen-bond donors (Lipinski definition) is 2. The standard InChI is InChI=1S/C27H24F3N9O/c1-40-22-9-7-20(8-10-22)33-24-35-25(34-21-6-2-5-19(16-21)27(28,29)30)37-26(36-24)39-14-12-38(13-15-39)23-18(17-31)4-3-11-32-23/h2-11,16H,12-15H2,1H3,(H2,33,34,35,36,37). The van der Waals surface area contributed by atoms with Crippen LogP contribution in [0.15, 0.2) is 66.9 Å². The summed E-state index contributed by atoms with van der Waals surface area (Å²) in [4.78, 5) is 21.8. The maximum Gasteiger partial charge on any atom is 0.416 e. The van der Waals surface area contributed by atoms with E-state index >= 15 is 0 Å². The molecule has 0 atom stereocenters. The Morgan fingerprint density at radius 3 is 2.17 bits per heavy atom. The Hall–Kier alpha value is -5.12. The van der Waals surface area contributed by atoms with E-state index < -0.39 is 11.7 Å². The Labute approximate surface area is 228 Å². The number of nitriles is 1. The first kappa shape index (κ1) is 26.5. The molecule has 1 aliphatic rings. The molecule has 40 heavy (non-hydrogen) atoms. The van der Waals surface area contributed by atoms with Gasteiger partial charge in [-0.25, -0.2) is 4.98 Å². The molecule has 2 aromatic carbocycles. The third-order valence-corrected chi connectivity index (χ3v) is 6.18. The molecule has 0 aliphatic carbocycles. The number of nitrogens with zero attached hydrogens (tertiary/aromatic N) is 7. The van der Waals surface area contributed by atoms with Crippen molar-refractivity contribution >= 4 is 35.0 Å². The van der Waals surface area contributed by atoms with Crippen molar-refractivity contribution in [3.8, 4) is 11.8 Å². The lowest BCUT2D eigenvalue weighted by atomic mass is 10.2. The number of ether oxygens (including phenoxy) is 1. The van der Waals surface area contributed by atoms with Crippen LogP contribution in [0.1, 0.15) is 11.1 Å². The predicted molar refractivity (Wildman–Crippen MR) is 144 cm³/mol. The van der Waals surface area contributed by atoms with E-state index in [1.54, 1.807) is 49.7 Å².